The van der Waals surface area contributed by atoms with Crippen molar-refractivity contribution >= 4 is 22.4 Å². The van der Waals surface area contributed by atoms with Gasteiger partial charge in [-0.2, -0.15) is 0 Å². The minimum atomic E-state index is -0.876. The number of hydrogen-bond donors (Lipinski definition) is 1. The second-order valence-corrected chi connectivity index (χ2v) is 7.53. The van der Waals surface area contributed by atoms with E-state index in [4.69, 9.17) is 0 Å². The fraction of sp³-hybridized carbons (Fsp3) is 0.533. The molecule has 1 atom stereocenters. The van der Waals surface area contributed by atoms with E-state index in [0.29, 0.717) is 12.2 Å². The largest absolute Gasteiger partial charge is 0.326 e. The number of carbonyl (C=O) groups is 1. The third-order valence-electron chi connectivity index (χ3n) is 2.77. The average Bonchev–Trinajstić information content (AvgIpc) is 2.20. The van der Waals surface area contributed by atoms with Crippen LogP contribution in [0.2, 0.25) is 0 Å². The fourth-order valence-electron chi connectivity index (χ4n) is 1.87. The van der Waals surface area contributed by atoms with Crippen molar-refractivity contribution in [3.63, 3.8) is 0 Å². The smallest absolute Gasteiger partial charge is 0.224 e. The highest BCUT2D eigenvalue weighted by Crippen LogP contribution is 2.23. The molecule has 3 nitrogen and oxygen atoms in total. The van der Waals surface area contributed by atoms with E-state index in [1.807, 2.05) is 45.9 Å². The second kappa shape index (κ2) is 6.33. The van der Waals surface area contributed by atoms with Gasteiger partial charge >= 0.3 is 0 Å². The molecule has 1 N–H and O–H groups in total. The summed E-state index contributed by atoms with van der Waals surface area (Å²) in [6.45, 7) is 8.07. The molecule has 0 aliphatic rings. The molecule has 0 radical (unpaired) electrons. The number of carbonyl (C=O) groups excluding carboxylic acids is 1. The van der Waals surface area contributed by atoms with Crippen molar-refractivity contribution in [2.75, 3.05) is 11.6 Å². The maximum atomic E-state index is 11.9. The summed E-state index contributed by atoms with van der Waals surface area (Å²) in [6.07, 6.45) is 2.17. The van der Waals surface area contributed by atoms with E-state index in [9.17, 15) is 9.00 Å². The Balaban J connectivity index is 2.85. The zero-order chi connectivity index (χ0) is 14.6. The topological polar surface area (TPSA) is 46.2 Å². The highest BCUT2D eigenvalue weighted by atomic mass is 32.2. The molecule has 0 unspecified atom stereocenters. The molecule has 0 aliphatic carbocycles. The van der Waals surface area contributed by atoms with Crippen LogP contribution in [0.15, 0.2) is 18.2 Å². The van der Waals surface area contributed by atoms with Gasteiger partial charge in [-0.05, 0) is 29.5 Å². The van der Waals surface area contributed by atoms with Crippen LogP contribution in [0, 0.1) is 12.3 Å². The van der Waals surface area contributed by atoms with Gasteiger partial charge in [-0.25, -0.2) is 0 Å². The molecule has 1 aromatic carbocycles. The van der Waals surface area contributed by atoms with Crippen LogP contribution in [0.25, 0.3) is 0 Å². The Morgan fingerprint density at radius 2 is 1.95 bits per heavy atom. The summed E-state index contributed by atoms with van der Waals surface area (Å²) >= 11 is 0. The van der Waals surface area contributed by atoms with Gasteiger partial charge in [0.2, 0.25) is 5.91 Å². The van der Waals surface area contributed by atoms with Crippen LogP contribution in [-0.2, 0) is 21.3 Å². The molecule has 1 rings (SSSR count). The average molecular weight is 281 g/mol. The molecule has 0 bridgehead atoms. The molecule has 0 spiro atoms. The Bertz CT molecular complexity index is 489. The number of rotatable bonds is 4. The maximum Gasteiger partial charge on any atom is 0.224 e. The summed E-state index contributed by atoms with van der Waals surface area (Å²) in [5.41, 5.74) is 2.81. The Kier molecular flexibility index (Phi) is 5.29. The Hall–Kier alpha value is -1.16. The lowest BCUT2D eigenvalue weighted by Gasteiger charge is -2.18. The number of amides is 1. The van der Waals surface area contributed by atoms with Gasteiger partial charge in [-0.3, -0.25) is 9.00 Å². The summed E-state index contributed by atoms with van der Waals surface area (Å²) in [7, 11) is -0.876. The predicted molar refractivity (Wildman–Crippen MR) is 81.7 cm³/mol. The van der Waals surface area contributed by atoms with Crippen LogP contribution < -0.4 is 5.32 Å². The van der Waals surface area contributed by atoms with Crippen LogP contribution in [-0.4, -0.2) is 16.4 Å². The SMILES string of the molecule is Cc1c(C[S@](C)=O)cccc1NC(=O)CC(C)(C)C. The molecule has 1 amide bonds. The third-order valence-corrected chi connectivity index (χ3v) is 3.49. The van der Waals surface area contributed by atoms with Gasteiger partial charge in [-0.1, -0.05) is 32.9 Å². The van der Waals surface area contributed by atoms with Crippen LogP contribution in [0.4, 0.5) is 5.69 Å². The molecule has 0 aromatic heterocycles. The standard InChI is InChI=1S/C15H23NO2S/c1-11-12(10-19(5)18)7-6-8-13(11)16-14(17)9-15(2,3)4/h6-8H,9-10H2,1-5H3,(H,16,17)/t19-/m0/s1. The summed E-state index contributed by atoms with van der Waals surface area (Å²) in [5.74, 6) is 0.541. The number of benzene rings is 1. The zero-order valence-corrected chi connectivity index (χ0v) is 13.2. The third kappa shape index (κ3) is 5.55. The van der Waals surface area contributed by atoms with Crippen LogP contribution >= 0.6 is 0 Å². The van der Waals surface area contributed by atoms with E-state index in [2.05, 4.69) is 5.32 Å². The first-order chi connectivity index (χ1) is 8.69. The first kappa shape index (κ1) is 15.9. The Morgan fingerprint density at radius 1 is 1.32 bits per heavy atom. The summed E-state index contributed by atoms with van der Waals surface area (Å²) < 4.78 is 11.3. The number of anilines is 1. The van der Waals surface area contributed by atoms with E-state index in [-0.39, 0.29) is 11.3 Å². The van der Waals surface area contributed by atoms with Crippen molar-refractivity contribution in [2.45, 2.75) is 39.9 Å². The molecular weight excluding hydrogens is 258 g/mol. The molecule has 0 saturated heterocycles. The van der Waals surface area contributed by atoms with Crippen LogP contribution in [0.1, 0.15) is 38.3 Å². The van der Waals surface area contributed by atoms with Crippen molar-refractivity contribution in [1.82, 2.24) is 0 Å². The van der Waals surface area contributed by atoms with Crippen molar-refractivity contribution in [2.24, 2.45) is 5.41 Å². The molecule has 0 aliphatic heterocycles. The van der Waals surface area contributed by atoms with E-state index in [1.165, 1.54) is 0 Å². The zero-order valence-electron chi connectivity index (χ0n) is 12.4. The van der Waals surface area contributed by atoms with Gasteiger partial charge in [0.1, 0.15) is 0 Å². The molecule has 4 heteroatoms. The maximum absolute atomic E-state index is 11.9. The molecule has 0 saturated carbocycles. The minimum Gasteiger partial charge on any atom is -0.326 e. The lowest BCUT2D eigenvalue weighted by atomic mass is 9.92. The molecule has 1 aromatic rings. The lowest BCUT2D eigenvalue weighted by Crippen LogP contribution is -2.20. The normalized spacial score (nSPS) is 13.1. The lowest BCUT2D eigenvalue weighted by molar-refractivity contribution is -0.117. The molecule has 0 heterocycles. The van der Waals surface area contributed by atoms with Crippen molar-refractivity contribution < 1.29 is 9.00 Å². The van der Waals surface area contributed by atoms with Gasteiger partial charge < -0.3 is 5.32 Å². The van der Waals surface area contributed by atoms with Crippen molar-refractivity contribution in [3.8, 4) is 0 Å². The highest BCUT2D eigenvalue weighted by Gasteiger charge is 2.16. The predicted octanol–water partition coefficient (Wildman–Crippen LogP) is 3.25. The summed E-state index contributed by atoms with van der Waals surface area (Å²) in [5, 5.41) is 2.94. The summed E-state index contributed by atoms with van der Waals surface area (Å²) in [6, 6.07) is 5.73. The first-order valence-electron chi connectivity index (χ1n) is 6.37. The van der Waals surface area contributed by atoms with Crippen molar-refractivity contribution in [3.05, 3.63) is 29.3 Å². The monoisotopic (exact) mass is 281 g/mol. The van der Waals surface area contributed by atoms with Gasteiger partial charge in [0.05, 0.1) is 0 Å². The van der Waals surface area contributed by atoms with Crippen molar-refractivity contribution in [1.29, 1.82) is 0 Å². The van der Waals surface area contributed by atoms with Gasteiger partial charge in [0.15, 0.2) is 0 Å². The van der Waals surface area contributed by atoms with E-state index in [1.54, 1.807) is 6.26 Å². The Labute approximate surface area is 118 Å². The molecule has 19 heavy (non-hydrogen) atoms. The molecule has 106 valence electrons. The number of nitrogens with one attached hydrogen (secondary N) is 1. The van der Waals surface area contributed by atoms with E-state index < -0.39 is 10.8 Å². The van der Waals surface area contributed by atoms with E-state index in [0.717, 1.165) is 16.8 Å². The molecule has 0 fully saturated rings. The second-order valence-electron chi connectivity index (χ2n) is 6.09. The van der Waals surface area contributed by atoms with Crippen LogP contribution in [0.5, 0.6) is 0 Å². The minimum absolute atomic E-state index is 0.0189. The fourth-order valence-corrected chi connectivity index (χ4v) is 2.62. The van der Waals surface area contributed by atoms with Gasteiger partial charge in [-0.15, -0.1) is 0 Å². The quantitative estimate of drug-likeness (QED) is 0.921. The first-order valence-corrected chi connectivity index (χ1v) is 8.10. The van der Waals surface area contributed by atoms with E-state index >= 15 is 0 Å². The molecular formula is C15H23NO2S. The summed E-state index contributed by atoms with van der Waals surface area (Å²) in [4.78, 5) is 11.9. The highest BCUT2D eigenvalue weighted by molar-refractivity contribution is 7.83. The van der Waals surface area contributed by atoms with Gasteiger partial charge in [0.25, 0.3) is 0 Å². The Morgan fingerprint density at radius 3 is 2.47 bits per heavy atom. The van der Waals surface area contributed by atoms with Crippen LogP contribution in [0.3, 0.4) is 0 Å². The number of hydrogen-bond acceptors (Lipinski definition) is 2. The van der Waals surface area contributed by atoms with Gasteiger partial charge in [0, 0.05) is 34.9 Å².